The van der Waals surface area contributed by atoms with Crippen LogP contribution in [0, 0.1) is 20.8 Å². The Hall–Kier alpha value is -1.87. The fourth-order valence-corrected chi connectivity index (χ4v) is 2.01. The van der Waals surface area contributed by atoms with Gasteiger partial charge < -0.3 is 10.5 Å². The third kappa shape index (κ3) is 2.76. The van der Waals surface area contributed by atoms with Crippen molar-refractivity contribution < 1.29 is 4.74 Å². The van der Waals surface area contributed by atoms with Gasteiger partial charge in [0, 0.05) is 17.8 Å². The molecule has 0 amide bonds. The molecule has 2 N–H and O–H groups in total. The van der Waals surface area contributed by atoms with Crippen LogP contribution in [0.5, 0.6) is 11.6 Å². The van der Waals surface area contributed by atoms with Crippen LogP contribution in [-0.2, 0) is 0 Å². The van der Waals surface area contributed by atoms with Gasteiger partial charge in [-0.05, 0) is 50.5 Å². The number of pyridine rings is 1. The first-order chi connectivity index (χ1) is 9.00. The summed E-state index contributed by atoms with van der Waals surface area (Å²) in [4.78, 5) is 4.30. The highest BCUT2D eigenvalue weighted by Gasteiger charge is 2.13. The molecule has 1 aromatic carbocycles. The Morgan fingerprint density at radius 1 is 1.11 bits per heavy atom. The zero-order valence-corrected chi connectivity index (χ0v) is 11.9. The maximum Gasteiger partial charge on any atom is 0.223 e. The van der Waals surface area contributed by atoms with Crippen LogP contribution in [0.1, 0.15) is 35.2 Å². The highest BCUT2D eigenvalue weighted by atomic mass is 16.5. The fourth-order valence-electron chi connectivity index (χ4n) is 2.01. The van der Waals surface area contributed by atoms with Crippen LogP contribution < -0.4 is 10.5 Å². The van der Waals surface area contributed by atoms with Gasteiger partial charge in [0.2, 0.25) is 5.88 Å². The lowest BCUT2D eigenvalue weighted by Crippen LogP contribution is -2.08. The van der Waals surface area contributed by atoms with Crippen LogP contribution in [-0.4, -0.2) is 4.98 Å². The van der Waals surface area contributed by atoms with E-state index < -0.39 is 0 Å². The first kappa shape index (κ1) is 13.6. The molecule has 2 rings (SSSR count). The number of aryl methyl sites for hydroxylation is 2. The molecule has 0 radical (unpaired) electrons. The van der Waals surface area contributed by atoms with E-state index in [9.17, 15) is 0 Å². The third-order valence-electron chi connectivity index (χ3n) is 3.36. The van der Waals surface area contributed by atoms with Crippen LogP contribution in [0.4, 0.5) is 0 Å². The highest BCUT2D eigenvalue weighted by molar-refractivity contribution is 5.47. The maximum atomic E-state index is 6.02. The Kier molecular flexibility index (Phi) is 3.86. The number of ether oxygens (including phenoxy) is 1. The van der Waals surface area contributed by atoms with Crippen molar-refractivity contribution >= 4 is 0 Å². The van der Waals surface area contributed by atoms with E-state index in [4.69, 9.17) is 10.5 Å². The summed E-state index contributed by atoms with van der Waals surface area (Å²) in [6.45, 7) is 8.11. The van der Waals surface area contributed by atoms with E-state index >= 15 is 0 Å². The highest BCUT2D eigenvalue weighted by Crippen LogP contribution is 2.32. The number of aromatic nitrogens is 1. The first-order valence-corrected chi connectivity index (χ1v) is 6.46. The monoisotopic (exact) mass is 256 g/mol. The van der Waals surface area contributed by atoms with Gasteiger partial charge in [-0.2, -0.15) is 0 Å². The minimum absolute atomic E-state index is 0.103. The molecule has 0 bridgehead atoms. The molecule has 0 unspecified atom stereocenters. The maximum absolute atomic E-state index is 6.02. The average molecular weight is 256 g/mol. The topological polar surface area (TPSA) is 48.1 Å². The van der Waals surface area contributed by atoms with Gasteiger partial charge in [-0.3, -0.25) is 0 Å². The lowest BCUT2D eigenvalue weighted by Gasteiger charge is -2.16. The van der Waals surface area contributed by atoms with Gasteiger partial charge in [0.1, 0.15) is 5.75 Å². The van der Waals surface area contributed by atoms with Crippen LogP contribution in [0.2, 0.25) is 0 Å². The van der Waals surface area contributed by atoms with Crippen LogP contribution in [0.15, 0.2) is 30.5 Å². The van der Waals surface area contributed by atoms with Crippen molar-refractivity contribution in [1.29, 1.82) is 0 Å². The molecule has 19 heavy (non-hydrogen) atoms. The quantitative estimate of drug-likeness (QED) is 0.908. The molecule has 0 fully saturated rings. The number of hydrogen-bond acceptors (Lipinski definition) is 3. The molecule has 1 atom stereocenters. The summed E-state index contributed by atoms with van der Waals surface area (Å²) in [5, 5.41) is 0. The Morgan fingerprint density at radius 2 is 1.79 bits per heavy atom. The standard InChI is InChI=1S/C16H20N2O/c1-10-7-8-11(2)15(12(10)3)19-16-14(13(4)17)6-5-9-18-16/h5-9,13H,17H2,1-4H3/t13-/m0/s1. The smallest absolute Gasteiger partial charge is 0.223 e. The predicted octanol–water partition coefficient (Wildman–Crippen LogP) is 3.82. The van der Waals surface area contributed by atoms with Crippen molar-refractivity contribution in [2.45, 2.75) is 33.7 Å². The number of rotatable bonds is 3. The Morgan fingerprint density at radius 3 is 2.47 bits per heavy atom. The second-order valence-corrected chi connectivity index (χ2v) is 4.94. The van der Waals surface area contributed by atoms with Crippen LogP contribution >= 0.6 is 0 Å². The molecule has 0 aliphatic carbocycles. The Balaban J connectivity index is 2.45. The summed E-state index contributed by atoms with van der Waals surface area (Å²) in [7, 11) is 0. The number of nitrogens with two attached hydrogens (primary N) is 1. The summed E-state index contributed by atoms with van der Waals surface area (Å²) in [5.41, 5.74) is 10.3. The summed E-state index contributed by atoms with van der Waals surface area (Å²) < 4.78 is 6.02. The average Bonchev–Trinajstić information content (AvgIpc) is 2.39. The summed E-state index contributed by atoms with van der Waals surface area (Å²) >= 11 is 0. The second-order valence-electron chi connectivity index (χ2n) is 4.94. The minimum atomic E-state index is -0.103. The van der Waals surface area contributed by atoms with E-state index in [0.717, 1.165) is 22.4 Å². The summed E-state index contributed by atoms with van der Waals surface area (Å²) in [5.74, 6) is 1.47. The van der Waals surface area contributed by atoms with E-state index in [-0.39, 0.29) is 6.04 Å². The SMILES string of the molecule is Cc1ccc(C)c(Oc2ncccc2[C@H](C)N)c1C. The molecule has 0 saturated heterocycles. The molecule has 0 aliphatic rings. The van der Waals surface area contributed by atoms with Gasteiger partial charge >= 0.3 is 0 Å². The number of nitrogens with zero attached hydrogens (tertiary/aromatic N) is 1. The van der Waals surface area contributed by atoms with E-state index in [2.05, 4.69) is 31.0 Å². The molecule has 2 aromatic rings. The fraction of sp³-hybridized carbons (Fsp3) is 0.312. The molecular weight excluding hydrogens is 236 g/mol. The first-order valence-electron chi connectivity index (χ1n) is 6.46. The van der Waals surface area contributed by atoms with Crippen molar-refractivity contribution in [3.05, 3.63) is 52.7 Å². The zero-order chi connectivity index (χ0) is 14.0. The molecule has 0 aliphatic heterocycles. The molecular formula is C16H20N2O. The molecule has 0 spiro atoms. The lowest BCUT2D eigenvalue weighted by atomic mass is 10.1. The predicted molar refractivity (Wildman–Crippen MR) is 77.6 cm³/mol. The summed E-state index contributed by atoms with van der Waals surface area (Å²) in [6.07, 6.45) is 1.72. The lowest BCUT2D eigenvalue weighted by molar-refractivity contribution is 0.445. The van der Waals surface area contributed by atoms with Gasteiger partial charge in [0.25, 0.3) is 0 Å². The largest absolute Gasteiger partial charge is 0.438 e. The van der Waals surface area contributed by atoms with E-state index in [1.807, 2.05) is 26.0 Å². The third-order valence-corrected chi connectivity index (χ3v) is 3.36. The van der Waals surface area contributed by atoms with Crippen molar-refractivity contribution in [1.82, 2.24) is 4.98 Å². The van der Waals surface area contributed by atoms with Crippen LogP contribution in [0.25, 0.3) is 0 Å². The van der Waals surface area contributed by atoms with Gasteiger partial charge in [0.15, 0.2) is 0 Å². The van der Waals surface area contributed by atoms with Crippen molar-refractivity contribution in [3.63, 3.8) is 0 Å². The van der Waals surface area contributed by atoms with Gasteiger partial charge in [0.05, 0.1) is 0 Å². The molecule has 100 valence electrons. The minimum Gasteiger partial charge on any atom is -0.438 e. The molecule has 1 aromatic heterocycles. The van der Waals surface area contributed by atoms with Crippen molar-refractivity contribution in [3.8, 4) is 11.6 Å². The number of hydrogen-bond donors (Lipinski definition) is 1. The van der Waals surface area contributed by atoms with Crippen molar-refractivity contribution in [2.24, 2.45) is 5.73 Å². The molecule has 3 heteroatoms. The van der Waals surface area contributed by atoms with E-state index in [1.165, 1.54) is 5.56 Å². The molecule has 0 saturated carbocycles. The van der Waals surface area contributed by atoms with Crippen molar-refractivity contribution in [2.75, 3.05) is 0 Å². The van der Waals surface area contributed by atoms with Crippen LogP contribution in [0.3, 0.4) is 0 Å². The van der Waals surface area contributed by atoms with E-state index in [0.29, 0.717) is 5.88 Å². The molecule has 3 nitrogen and oxygen atoms in total. The second kappa shape index (κ2) is 5.41. The zero-order valence-electron chi connectivity index (χ0n) is 11.9. The normalized spacial score (nSPS) is 12.3. The molecule has 1 heterocycles. The van der Waals surface area contributed by atoms with Gasteiger partial charge in [-0.15, -0.1) is 0 Å². The van der Waals surface area contributed by atoms with E-state index in [1.54, 1.807) is 6.20 Å². The van der Waals surface area contributed by atoms with Gasteiger partial charge in [-0.25, -0.2) is 4.98 Å². The Labute approximate surface area is 114 Å². The Bertz CT molecular complexity index is 591. The summed E-state index contributed by atoms with van der Waals surface area (Å²) in [6, 6.07) is 7.89. The number of benzene rings is 1. The van der Waals surface area contributed by atoms with Gasteiger partial charge in [-0.1, -0.05) is 18.2 Å².